The predicted molar refractivity (Wildman–Crippen MR) is 74.0 cm³/mol. The van der Waals surface area contributed by atoms with E-state index in [2.05, 4.69) is 58.3 Å². The lowest BCUT2D eigenvalue weighted by atomic mass is 10.1. The molecule has 0 rings (SSSR count). The Morgan fingerprint density at radius 1 is 0.938 bits per heavy atom. The summed E-state index contributed by atoms with van der Waals surface area (Å²) < 4.78 is 0. The maximum atomic E-state index is 2.55. The van der Waals surface area contributed by atoms with E-state index in [0.29, 0.717) is 5.54 Å². The molecule has 0 bridgehead atoms. The first kappa shape index (κ1) is 15.9. The van der Waals surface area contributed by atoms with Gasteiger partial charge in [-0.05, 0) is 39.8 Å². The van der Waals surface area contributed by atoms with Gasteiger partial charge in [-0.15, -0.1) is 0 Å². The van der Waals surface area contributed by atoms with Gasteiger partial charge in [0.25, 0.3) is 0 Å². The fraction of sp³-hybridized carbons (Fsp3) is 1.00. The highest BCUT2D eigenvalue weighted by Gasteiger charge is 2.19. The summed E-state index contributed by atoms with van der Waals surface area (Å²) in [5.41, 5.74) is 0.298. The van der Waals surface area contributed by atoms with E-state index in [0.717, 1.165) is 12.5 Å². The summed E-state index contributed by atoms with van der Waals surface area (Å²) >= 11 is 0. The average Bonchev–Trinajstić information content (AvgIpc) is 2.14. The standard InChI is InChI=1S/C14H32N2/c1-8-15(12-13(3)4)10-11-16(9-2)14(5,6)7/h13H,8-12H2,1-7H3. The van der Waals surface area contributed by atoms with Crippen molar-refractivity contribution in [1.82, 2.24) is 9.80 Å². The van der Waals surface area contributed by atoms with E-state index in [4.69, 9.17) is 0 Å². The molecule has 0 fully saturated rings. The summed E-state index contributed by atoms with van der Waals surface area (Å²) in [7, 11) is 0. The van der Waals surface area contributed by atoms with Crippen molar-refractivity contribution in [2.45, 2.75) is 54.0 Å². The Kier molecular flexibility index (Phi) is 7.25. The molecular formula is C14H32N2. The zero-order valence-corrected chi connectivity index (χ0v) is 12.5. The summed E-state index contributed by atoms with van der Waals surface area (Å²) in [5, 5.41) is 0. The van der Waals surface area contributed by atoms with E-state index in [1.54, 1.807) is 0 Å². The first-order valence-corrected chi connectivity index (χ1v) is 6.78. The fourth-order valence-corrected chi connectivity index (χ4v) is 2.12. The van der Waals surface area contributed by atoms with E-state index >= 15 is 0 Å². The van der Waals surface area contributed by atoms with Gasteiger partial charge in [0, 0.05) is 25.2 Å². The SMILES string of the molecule is CCN(CCN(CC)C(C)(C)C)CC(C)C. The van der Waals surface area contributed by atoms with Crippen LogP contribution in [0.3, 0.4) is 0 Å². The number of hydrogen-bond donors (Lipinski definition) is 0. The van der Waals surface area contributed by atoms with Crippen LogP contribution in [0, 0.1) is 5.92 Å². The predicted octanol–water partition coefficient (Wildman–Crippen LogP) is 3.08. The molecule has 0 heterocycles. The summed E-state index contributed by atoms with van der Waals surface area (Å²) in [6, 6.07) is 0. The minimum absolute atomic E-state index is 0.298. The third-order valence-corrected chi connectivity index (χ3v) is 3.09. The average molecular weight is 228 g/mol. The molecule has 0 atom stereocenters. The van der Waals surface area contributed by atoms with Crippen LogP contribution in [0.15, 0.2) is 0 Å². The molecule has 0 amide bonds. The highest BCUT2D eigenvalue weighted by atomic mass is 15.2. The van der Waals surface area contributed by atoms with Crippen molar-refractivity contribution in [1.29, 1.82) is 0 Å². The molecule has 0 aliphatic carbocycles. The lowest BCUT2D eigenvalue weighted by molar-refractivity contribution is 0.119. The van der Waals surface area contributed by atoms with Crippen molar-refractivity contribution >= 4 is 0 Å². The summed E-state index contributed by atoms with van der Waals surface area (Å²) in [6.45, 7) is 21.9. The van der Waals surface area contributed by atoms with Gasteiger partial charge in [0.1, 0.15) is 0 Å². The monoisotopic (exact) mass is 228 g/mol. The summed E-state index contributed by atoms with van der Waals surface area (Å²) in [6.07, 6.45) is 0. The molecule has 2 nitrogen and oxygen atoms in total. The van der Waals surface area contributed by atoms with E-state index in [1.165, 1.54) is 26.2 Å². The second-order valence-corrected chi connectivity index (χ2v) is 6.04. The minimum Gasteiger partial charge on any atom is -0.302 e. The van der Waals surface area contributed by atoms with Gasteiger partial charge in [-0.2, -0.15) is 0 Å². The highest BCUT2D eigenvalue weighted by molar-refractivity contribution is 4.76. The molecular weight excluding hydrogens is 196 g/mol. The van der Waals surface area contributed by atoms with E-state index < -0.39 is 0 Å². The zero-order chi connectivity index (χ0) is 12.8. The lowest BCUT2D eigenvalue weighted by Crippen LogP contribution is -2.45. The fourth-order valence-electron chi connectivity index (χ4n) is 2.12. The Hall–Kier alpha value is -0.0800. The molecule has 0 N–H and O–H groups in total. The van der Waals surface area contributed by atoms with E-state index in [-0.39, 0.29) is 0 Å². The maximum Gasteiger partial charge on any atom is 0.0125 e. The molecule has 0 saturated carbocycles. The minimum atomic E-state index is 0.298. The lowest BCUT2D eigenvalue weighted by Gasteiger charge is -2.36. The van der Waals surface area contributed by atoms with Crippen LogP contribution in [0.2, 0.25) is 0 Å². The van der Waals surface area contributed by atoms with Crippen molar-refractivity contribution in [2.24, 2.45) is 5.92 Å². The number of likely N-dealkylation sites (N-methyl/N-ethyl adjacent to an activating group) is 2. The summed E-state index contributed by atoms with van der Waals surface area (Å²) in [4.78, 5) is 5.11. The first-order chi connectivity index (χ1) is 7.31. The second kappa shape index (κ2) is 7.29. The first-order valence-electron chi connectivity index (χ1n) is 6.78. The van der Waals surface area contributed by atoms with Crippen LogP contribution in [-0.2, 0) is 0 Å². The molecule has 0 radical (unpaired) electrons. The third kappa shape index (κ3) is 6.49. The second-order valence-electron chi connectivity index (χ2n) is 6.04. The molecule has 0 unspecified atom stereocenters. The van der Waals surface area contributed by atoms with E-state index in [1.807, 2.05) is 0 Å². The van der Waals surface area contributed by atoms with Crippen molar-refractivity contribution in [3.63, 3.8) is 0 Å². The van der Waals surface area contributed by atoms with Gasteiger partial charge in [0.15, 0.2) is 0 Å². The number of nitrogens with zero attached hydrogens (tertiary/aromatic N) is 2. The van der Waals surface area contributed by atoms with Crippen molar-refractivity contribution in [3.8, 4) is 0 Å². The van der Waals surface area contributed by atoms with Crippen molar-refractivity contribution < 1.29 is 0 Å². The Labute approximate surface area is 103 Å². The molecule has 16 heavy (non-hydrogen) atoms. The Bertz CT molecular complexity index is 170. The maximum absolute atomic E-state index is 2.55. The van der Waals surface area contributed by atoms with Crippen LogP contribution in [0.25, 0.3) is 0 Å². The van der Waals surface area contributed by atoms with Gasteiger partial charge in [-0.3, -0.25) is 4.90 Å². The molecule has 98 valence electrons. The molecule has 0 aromatic rings. The van der Waals surface area contributed by atoms with Gasteiger partial charge in [-0.1, -0.05) is 27.7 Å². The van der Waals surface area contributed by atoms with Gasteiger partial charge < -0.3 is 4.90 Å². The van der Waals surface area contributed by atoms with Crippen molar-refractivity contribution in [3.05, 3.63) is 0 Å². The third-order valence-electron chi connectivity index (χ3n) is 3.09. The Morgan fingerprint density at radius 2 is 1.50 bits per heavy atom. The summed E-state index contributed by atoms with van der Waals surface area (Å²) in [5.74, 6) is 0.768. The number of rotatable bonds is 7. The van der Waals surface area contributed by atoms with Crippen LogP contribution in [0.4, 0.5) is 0 Å². The molecule has 0 spiro atoms. The van der Waals surface area contributed by atoms with E-state index in [9.17, 15) is 0 Å². The molecule has 0 aromatic carbocycles. The Balaban J connectivity index is 4.08. The molecule has 0 aliphatic rings. The molecule has 0 saturated heterocycles. The van der Waals surface area contributed by atoms with Crippen LogP contribution in [0.5, 0.6) is 0 Å². The normalized spacial score (nSPS) is 13.1. The Morgan fingerprint density at radius 3 is 1.81 bits per heavy atom. The quantitative estimate of drug-likeness (QED) is 0.661. The van der Waals surface area contributed by atoms with Crippen molar-refractivity contribution in [2.75, 3.05) is 32.7 Å². The topological polar surface area (TPSA) is 6.48 Å². The molecule has 0 aromatic heterocycles. The highest BCUT2D eigenvalue weighted by Crippen LogP contribution is 2.12. The van der Waals surface area contributed by atoms with Crippen LogP contribution in [-0.4, -0.2) is 48.1 Å². The van der Waals surface area contributed by atoms with Gasteiger partial charge in [-0.25, -0.2) is 0 Å². The molecule has 2 heteroatoms. The smallest absolute Gasteiger partial charge is 0.0125 e. The van der Waals surface area contributed by atoms with Crippen LogP contribution in [0.1, 0.15) is 48.5 Å². The van der Waals surface area contributed by atoms with Crippen LogP contribution >= 0.6 is 0 Å². The van der Waals surface area contributed by atoms with Gasteiger partial charge in [0.05, 0.1) is 0 Å². The zero-order valence-electron chi connectivity index (χ0n) is 12.5. The van der Waals surface area contributed by atoms with Crippen LogP contribution < -0.4 is 0 Å². The van der Waals surface area contributed by atoms with Gasteiger partial charge in [0.2, 0.25) is 0 Å². The number of hydrogen-bond acceptors (Lipinski definition) is 2. The van der Waals surface area contributed by atoms with Gasteiger partial charge >= 0.3 is 0 Å². The molecule has 0 aliphatic heterocycles. The largest absolute Gasteiger partial charge is 0.302 e.